The molecule has 0 unspecified atom stereocenters. The number of halogens is 1. The molecule has 2 rings (SSSR count). The van der Waals surface area contributed by atoms with Crippen molar-refractivity contribution < 1.29 is 23.4 Å². The number of amides is 1. The second-order valence-electron chi connectivity index (χ2n) is 5.07. The topological polar surface area (TPSA) is 56.8 Å². The number of methoxy groups -OCH3 is 3. The van der Waals surface area contributed by atoms with Crippen molar-refractivity contribution in [1.82, 2.24) is 0 Å². The molecular formula is C18H20FNO4. The fourth-order valence-corrected chi connectivity index (χ4v) is 2.31. The third-order valence-electron chi connectivity index (χ3n) is 3.55. The molecule has 1 amide bonds. The number of rotatable bonds is 7. The highest BCUT2D eigenvalue weighted by Gasteiger charge is 2.11. The first kappa shape index (κ1) is 17.6. The summed E-state index contributed by atoms with van der Waals surface area (Å²) in [6, 6.07) is 9.40. The zero-order valence-electron chi connectivity index (χ0n) is 13.9. The highest BCUT2D eigenvalue weighted by atomic mass is 19.1. The van der Waals surface area contributed by atoms with E-state index in [1.807, 2.05) is 6.07 Å². The number of carbonyl (C=O) groups is 1. The molecule has 0 saturated heterocycles. The molecule has 0 aliphatic rings. The van der Waals surface area contributed by atoms with E-state index in [0.29, 0.717) is 23.6 Å². The summed E-state index contributed by atoms with van der Waals surface area (Å²) in [5.41, 5.74) is 1.31. The molecule has 0 spiro atoms. The Labute approximate surface area is 140 Å². The summed E-state index contributed by atoms with van der Waals surface area (Å²) in [6.45, 7) is 0. The van der Waals surface area contributed by atoms with E-state index in [1.54, 1.807) is 26.4 Å². The van der Waals surface area contributed by atoms with Crippen LogP contribution in [0, 0.1) is 5.82 Å². The van der Waals surface area contributed by atoms with Gasteiger partial charge in [0.2, 0.25) is 5.91 Å². The fraction of sp³-hybridized carbons (Fsp3) is 0.278. The molecule has 5 nitrogen and oxygen atoms in total. The molecule has 0 aliphatic carbocycles. The Morgan fingerprint density at radius 3 is 2.42 bits per heavy atom. The predicted octanol–water partition coefficient (Wildman–Crippen LogP) is 3.42. The summed E-state index contributed by atoms with van der Waals surface area (Å²) in [7, 11) is 4.58. The number of aryl methyl sites for hydroxylation is 1. The lowest BCUT2D eigenvalue weighted by Crippen LogP contribution is -2.13. The summed E-state index contributed by atoms with van der Waals surface area (Å²) in [6.07, 6.45) is 0.722. The van der Waals surface area contributed by atoms with Crippen molar-refractivity contribution in [2.75, 3.05) is 26.6 Å². The Morgan fingerprint density at radius 2 is 1.75 bits per heavy atom. The number of carbonyl (C=O) groups excluding carboxylic acids is 1. The maximum absolute atomic E-state index is 13.2. The molecule has 1 N–H and O–H groups in total. The van der Waals surface area contributed by atoms with Gasteiger partial charge in [0.1, 0.15) is 23.1 Å². The van der Waals surface area contributed by atoms with Gasteiger partial charge in [0.15, 0.2) is 0 Å². The van der Waals surface area contributed by atoms with Gasteiger partial charge in [-0.2, -0.15) is 0 Å². The summed E-state index contributed by atoms with van der Waals surface area (Å²) in [5.74, 6) is 1.05. The first-order chi connectivity index (χ1) is 11.6. The monoisotopic (exact) mass is 333 g/mol. The molecule has 0 aromatic heterocycles. The maximum atomic E-state index is 13.2. The molecule has 0 radical (unpaired) electrons. The van der Waals surface area contributed by atoms with Crippen molar-refractivity contribution in [2.45, 2.75) is 12.8 Å². The van der Waals surface area contributed by atoms with E-state index >= 15 is 0 Å². The third kappa shape index (κ3) is 4.38. The van der Waals surface area contributed by atoms with Gasteiger partial charge in [-0.25, -0.2) is 4.39 Å². The smallest absolute Gasteiger partial charge is 0.224 e. The molecule has 0 heterocycles. The molecule has 24 heavy (non-hydrogen) atoms. The SMILES string of the molecule is COc1ccc(OC)c(CCC(=O)Nc2ccc(F)cc2OC)c1. The Bertz CT molecular complexity index is 718. The normalized spacial score (nSPS) is 10.2. The average molecular weight is 333 g/mol. The number of nitrogens with one attached hydrogen (secondary N) is 1. The van der Waals surface area contributed by atoms with E-state index < -0.39 is 5.82 Å². The van der Waals surface area contributed by atoms with Crippen LogP contribution in [0.5, 0.6) is 17.2 Å². The Morgan fingerprint density at radius 1 is 1.00 bits per heavy atom. The van der Waals surface area contributed by atoms with Crippen LogP contribution in [0.15, 0.2) is 36.4 Å². The molecule has 0 fully saturated rings. The van der Waals surface area contributed by atoms with Crippen molar-refractivity contribution in [3.05, 3.63) is 47.8 Å². The lowest BCUT2D eigenvalue weighted by molar-refractivity contribution is -0.116. The van der Waals surface area contributed by atoms with E-state index in [-0.39, 0.29) is 18.1 Å². The maximum Gasteiger partial charge on any atom is 0.224 e. The summed E-state index contributed by atoms with van der Waals surface area (Å²) < 4.78 is 28.7. The number of hydrogen-bond acceptors (Lipinski definition) is 4. The lowest BCUT2D eigenvalue weighted by atomic mass is 10.1. The van der Waals surface area contributed by atoms with Gasteiger partial charge in [-0.3, -0.25) is 4.79 Å². The van der Waals surface area contributed by atoms with Crippen LogP contribution in [-0.4, -0.2) is 27.2 Å². The van der Waals surface area contributed by atoms with Crippen molar-refractivity contribution in [3.63, 3.8) is 0 Å². The van der Waals surface area contributed by atoms with E-state index in [4.69, 9.17) is 14.2 Å². The fourth-order valence-electron chi connectivity index (χ4n) is 2.31. The van der Waals surface area contributed by atoms with Crippen LogP contribution in [-0.2, 0) is 11.2 Å². The minimum Gasteiger partial charge on any atom is -0.497 e. The van der Waals surface area contributed by atoms with Crippen LogP contribution >= 0.6 is 0 Å². The van der Waals surface area contributed by atoms with E-state index in [1.165, 1.54) is 25.3 Å². The van der Waals surface area contributed by atoms with Crippen LogP contribution in [0.25, 0.3) is 0 Å². The number of anilines is 1. The second-order valence-corrected chi connectivity index (χ2v) is 5.07. The highest BCUT2D eigenvalue weighted by Crippen LogP contribution is 2.27. The first-order valence-electron chi connectivity index (χ1n) is 7.41. The molecular weight excluding hydrogens is 313 g/mol. The molecule has 2 aromatic carbocycles. The second kappa shape index (κ2) is 8.19. The van der Waals surface area contributed by atoms with E-state index in [0.717, 1.165) is 5.56 Å². The van der Waals surface area contributed by atoms with Gasteiger partial charge in [0.25, 0.3) is 0 Å². The highest BCUT2D eigenvalue weighted by molar-refractivity contribution is 5.92. The molecule has 6 heteroatoms. The quantitative estimate of drug-likeness (QED) is 0.843. The summed E-state index contributed by atoms with van der Waals surface area (Å²) >= 11 is 0. The molecule has 0 aliphatic heterocycles. The summed E-state index contributed by atoms with van der Waals surface area (Å²) in [4.78, 5) is 12.2. The van der Waals surface area contributed by atoms with Gasteiger partial charge < -0.3 is 19.5 Å². The Balaban J connectivity index is 2.03. The Kier molecular flexibility index (Phi) is 6.01. The van der Waals surface area contributed by atoms with Gasteiger partial charge in [-0.15, -0.1) is 0 Å². The van der Waals surface area contributed by atoms with Crippen molar-refractivity contribution in [2.24, 2.45) is 0 Å². The number of benzene rings is 2. The molecule has 2 aromatic rings. The van der Waals surface area contributed by atoms with Crippen LogP contribution < -0.4 is 19.5 Å². The average Bonchev–Trinajstić information content (AvgIpc) is 2.61. The minimum atomic E-state index is -0.425. The van der Waals surface area contributed by atoms with Crippen molar-refractivity contribution >= 4 is 11.6 Å². The standard InChI is InChI=1S/C18H20FNO4/c1-22-14-6-8-16(23-2)12(10-14)4-9-18(21)20-15-7-5-13(19)11-17(15)24-3/h5-8,10-11H,4,9H2,1-3H3,(H,20,21). The van der Waals surface area contributed by atoms with Crippen LogP contribution in [0.4, 0.5) is 10.1 Å². The van der Waals surface area contributed by atoms with Crippen molar-refractivity contribution in [3.8, 4) is 17.2 Å². The largest absolute Gasteiger partial charge is 0.497 e. The lowest BCUT2D eigenvalue weighted by Gasteiger charge is -2.12. The van der Waals surface area contributed by atoms with Gasteiger partial charge >= 0.3 is 0 Å². The summed E-state index contributed by atoms with van der Waals surface area (Å²) in [5, 5.41) is 2.72. The number of ether oxygens (including phenoxy) is 3. The van der Waals surface area contributed by atoms with Gasteiger partial charge in [0.05, 0.1) is 27.0 Å². The zero-order chi connectivity index (χ0) is 17.5. The first-order valence-corrected chi connectivity index (χ1v) is 7.41. The predicted molar refractivity (Wildman–Crippen MR) is 89.4 cm³/mol. The van der Waals surface area contributed by atoms with Crippen LogP contribution in [0.3, 0.4) is 0 Å². The van der Waals surface area contributed by atoms with Crippen LogP contribution in [0.1, 0.15) is 12.0 Å². The third-order valence-corrected chi connectivity index (χ3v) is 3.55. The van der Waals surface area contributed by atoms with Gasteiger partial charge in [0, 0.05) is 12.5 Å². The van der Waals surface area contributed by atoms with Crippen LogP contribution in [0.2, 0.25) is 0 Å². The zero-order valence-corrected chi connectivity index (χ0v) is 13.9. The molecule has 0 saturated carbocycles. The van der Waals surface area contributed by atoms with E-state index in [9.17, 15) is 9.18 Å². The molecule has 0 bridgehead atoms. The van der Waals surface area contributed by atoms with Crippen molar-refractivity contribution in [1.29, 1.82) is 0 Å². The molecule has 0 atom stereocenters. The van der Waals surface area contributed by atoms with E-state index in [2.05, 4.69) is 5.32 Å². The minimum absolute atomic E-state index is 0.204. The Hall–Kier alpha value is -2.76. The van der Waals surface area contributed by atoms with Gasteiger partial charge in [-0.05, 0) is 42.3 Å². The molecule has 128 valence electrons. The number of hydrogen-bond donors (Lipinski definition) is 1. The van der Waals surface area contributed by atoms with Gasteiger partial charge in [-0.1, -0.05) is 0 Å².